The third-order valence-corrected chi connectivity index (χ3v) is 4.50. The summed E-state index contributed by atoms with van der Waals surface area (Å²) >= 11 is 1.49. The van der Waals surface area contributed by atoms with Crippen molar-refractivity contribution in [3.8, 4) is 22.1 Å². The predicted octanol–water partition coefficient (Wildman–Crippen LogP) is 4.61. The molecule has 0 saturated heterocycles. The summed E-state index contributed by atoms with van der Waals surface area (Å²) in [5, 5.41) is 13.8. The number of aromatic nitrogens is 1. The first-order valence-corrected chi connectivity index (χ1v) is 8.41. The molecular formula is C18H16N2O4S. The van der Waals surface area contributed by atoms with Gasteiger partial charge >= 0.3 is 5.69 Å². The van der Waals surface area contributed by atoms with E-state index in [1.807, 2.05) is 36.6 Å². The van der Waals surface area contributed by atoms with Crippen LogP contribution in [-0.2, 0) is 6.61 Å². The zero-order valence-corrected chi connectivity index (χ0v) is 14.6. The van der Waals surface area contributed by atoms with E-state index in [0.717, 1.165) is 27.6 Å². The average molecular weight is 356 g/mol. The molecule has 0 aliphatic rings. The van der Waals surface area contributed by atoms with Gasteiger partial charge in [-0.2, -0.15) is 0 Å². The largest absolute Gasteiger partial charge is 0.497 e. The lowest BCUT2D eigenvalue weighted by Gasteiger charge is -2.06. The Morgan fingerprint density at radius 2 is 2.08 bits per heavy atom. The Labute approximate surface area is 148 Å². The molecule has 0 unspecified atom stereocenters. The van der Waals surface area contributed by atoms with Crippen LogP contribution < -0.4 is 9.47 Å². The maximum Gasteiger partial charge on any atom is 0.310 e. The number of nitrogens with zero attached hydrogens (tertiary/aromatic N) is 2. The van der Waals surface area contributed by atoms with E-state index in [-0.39, 0.29) is 18.0 Å². The Bertz CT molecular complexity index is 908. The third-order valence-electron chi connectivity index (χ3n) is 3.56. The molecule has 0 fully saturated rings. The third kappa shape index (κ3) is 3.95. The normalized spacial score (nSPS) is 10.5. The van der Waals surface area contributed by atoms with Crippen LogP contribution in [0.3, 0.4) is 0 Å². The highest BCUT2D eigenvalue weighted by molar-refractivity contribution is 7.13. The van der Waals surface area contributed by atoms with Crippen molar-refractivity contribution >= 4 is 17.0 Å². The van der Waals surface area contributed by atoms with Gasteiger partial charge in [0.25, 0.3) is 0 Å². The summed E-state index contributed by atoms with van der Waals surface area (Å²) < 4.78 is 10.9. The number of rotatable bonds is 6. The maximum atomic E-state index is 11.1. The molecule has 0 aliphatic carbocycles. The lowest BCUT2D eigenvalue weighted by molar-refractivity contribution is -0.386. The standard InChI is InChI=1S/C18H16N2O4S/c1-12-6-7-16(20(21)22)17(8-12)24-10-14-11-25-18(19-14)13-4-3-5-15(9-13)23-2/h3-9,11H,10H2,1-2H3. The first-order valence-electron chi connectivity index (χ1n) is 7.53. The van der Waals surface area contributed by atoms with Gasteiger partial charge in [-0.25, -0.2) is 4.98 Å². The zero-order valence-electron chi connectivity index (χ0n) is 13.8. The molecule has 3 rings (SSSR count). The Morgan fingerprint density at radius 1 is 1.24 bits per heavy atom. The first kappa shape index (κ1) is 16.9. The van der Waals surface area contributed by atoms with Crippen LogP contribution >= 0.6 is 11.3 Å². The van der Waals surface area contributed by atoms with Gasteiger partial charge < -0.3 is 9.47 Å². The fourth-order valence-corrected chi connectivity index (χ4v) is 3.10. The van der Waals surface area contributed by atoms with Crippen molar-refractivity contribution in [2.75, 3.05) is 7.11 Å². The van der Waals surface area contributed by atoms with Crippen molar-refractivity contribution in [2.24, 2.45) is 0 Å². The van der Waals surface area contributed by atoms with Crippen LogP contribution in [-0.4, -0.2) is 17.0 Å². The number of ether oxygens (including phenoxy) is 2. The van der Waals surface area contributed by atoms with E-state index in [4.69, 9.17) is 9.47 Å². The summed E-state index contributed by atoms with van der Waals surface area (Å²) in [5.74, 6) is 1.02. The summed E-state index contributed by atoms with van der Waals surface area (Å²) in [5.41, 5.74) is 2.53. The highest BCUT2D eigenvalue weighted by Crippen LogP contribution is 2.30. The minimum Gasteiger partial charge on any atom is -0.497 e. The molecule has 3 aromatic rings. The van der Waals surface area contributed by atoms with Crippen molar-refractivity contribution in [3.05, 3.63) is 69.2 Å². The average Bonchev–Trinajstić information content (AvgIpc) is 3.09. The molecule has 1 aromatic heterocycles. The van der Waals surface area contributed by atoms with Gasteiger partial charge in [-0.15, -0.1) is 11.3 Å². The fraction of sp³-hybridized carbons (Fsp3) is 0.167. The van der Waals surface area contributed by atoms with E-state index in [2.05, 4.69) is 4.98 Å². The van der Waals surface area contributed by atoms with E-state index < -0.39 is 4.92 Å². The second-order valence-corrected chi connectivity index (χ2v) is 6.25. The lowest BCUT2D eigenvalue weighted by atomic mass is 10.2. The second-order valence-electron chi connectivity index (χ2n) is 5.39. The number of methoxy groups -OCH3 is 1. The van der Waals surface area contributed by atoms with Gasteiger partial charge in [0.1, 0.15) is 17.4 Å². The molecule has 25 heavy (non-hydrogen) atoms. The number of hydrogen-bond acceptors (Lipinski definition) is 6. The molecule has 0 bridgehead atoms. The van der Waals surface area contributed by atoms with Gasteiger partial charge in [0.2, 0.25) is 0 Å². The van der Waals surface area contributed by atoms with E-state index in [0.29, 0.717) is 0 Å². The summed E-state index contributed by atoms with van der Waals surface area (Å²) in [4.78, 5) is 15.2. The minimum atomic E-state index is -0.447. The molecule has 0 spiro atoms. The Kier molecular flexibility index (Phi) is 4.95. The maximum absolute atomic E-state index is 11.1. The molecule has 6 nitrogen and oxygen atoms in total. The number of aryl methyl sites for hydroxylation is 1. The topological polar surface area (TPSA) is 74.5 Å². The Hall–Kier alpha value is -2.93. The van der Waals surface area contributed by atoms with Crippen molar-refractivity contribution < 1.29 is 14.4 Å². The monoisotopic (exact) mass is 356 g/mol. The van der Waals surface area contributed by atoms with Gasteiger partial charge in [0.05, 0.1) is 17.7 Å². The lowest BCUT2D eigenvalue weighted by Crippen LogP contribution is -2.00. The van der Waals surface area contributed by atoms with E-state index in [1.165, 1.54) is 17.4 Å². The molecule has 128 valence electrons. The van der Waals surface area contributed by atoms with Crippen molar-refractivity contribution in [1.82, 2.24) is 4.98 Å². The first-order chi connectivity index (χ1) is 12.1. The van der Waals surface area contributed by atoms with Gasteiger partial charge in [-0.1, -0.05) is 18.2 Å². The molecule has 1 heterocycles. The molecule has 0 saturated carbocycles. The van der Waals surface area contributed by atoms with Gasteiger partial charge in [-0.05, 0) is 30.7 Å². The predicted molar refractivity (Wildman–Crippen MR) is 96.3 cm³/mol. The second kappa shape index (κ2) is 7.31. The quantitative estimate of drug-likeness (QED) is 0.476. The van der Waals surface area contributed by atoms with Crippen LogP contribution in [0.4, 0.5) is 5.69 Å². The number of benzene rings is 2. The zero-order chi connectivity index (χ0) is 17.8. The SMILES string of the molecule is COc1cccc(-c2nc(COc3cc(C)ccc3[N+](=O)[O-])cs2)c1. The molecule has 2 aromatic carbocycles. The summed E-state index contributed by atoms with van der Waals surface area (Å²) in [6.45, 7) is 2.03. The van der Waals surface area contributed by atoms with Gasteiger partial charge in [0.15, 0.2) is 5.75 Å². The van der Waals surface area contributed by atoms with E-state index in [1.54, 1.807) is 19.2 Å². The summed E-state index contributed by atoms with van der Waals surface area (Å²) in [6, 6.07) is 12.4. The summed E-state index contributed by atoms with van der Waals surface area (Å²) in [6.07, 6.45) is 0. The van der Waals surface area contributed by atoms with Gasteiger partial charge in [-0.3, -0.25) is 10.1 Å². The summed E-state index contributed by atoms with van der Waals surface area (Å²) in [7, 11) is 1.62. The number of nitro groups is 1. The minimum absolute atomic E-state index is 0.0474. The highest BCUT2D eigenvalue weighted by atomic mass is 32.1. The molecular weight excluding hydrogens is 340 g/mol. The molecule has 0 N–H and O–H groups in total. The molecule has 0 radical (unpaired) electrons. The van der Waals surface area contributed by atoms with Crippen LogP contribution in [0.25, 0.3) is 10.6 Å². The van der Waals surface area contributed by atoms with Crippen LogP contribution in [0.1, 0.15) is 11.3 Å². The van der Waals surface area contributed by atoms with Gasteiger partial charge in [0, 0.05) is 17.0 Å². The Morgan fingerprint density at radius 3 is 2.84 bits per heavy atom. The molecule has 0 atom stereocenters. The fourth-order valence-electron chi connectivity index (χ4n) is 2.30. The molecule has 0 aliphatic heterocycles. The van der Waals surface area contributed by atoms with Crippen molar-refractivity contribution in [3.63, 3.8) is 0 Å². The van der Waals surface area contributed by atoms with Crippen molar-refractivity contribution in [2.45, 2.75) is 13.5 Å². The Balaban J connectivity index is 1.76. The van der Waals surface area contributed by atoms with E-state index in [9.17, 15) is 10.1 Å². The molecule has 0 amide bonds. The number of nitro benzene ring substituents is 1. The van der Waals surface area contributed by atoms with Crippen LogP contribution in [0.15, 0.2) is 47.8 Å². The number of hydrogen-bond donors (Lipinski definition) is 0. The van der Waals surface area contributed by atoms with Crippen molar-refractivity contribution in [1.29, 1.82) is 0 Å². The van der Waals surface area contributed by atoms with Crippen LogP contribution in [0, 0.1) is 17.0 Å². The highest BCUT2D eigenvalue weighted by Gasteiger charge is 2.15. The van der Waals surface area contributed by atoms with Crippen LogP contribution in [0.2, 0.25) is 0 Å². The number of thiazole rings is 1. The smallest absolute Gasteiger partial charge is 0.310 e. The van der Waals surface area contributed by atoms with E-state index >= 15 is 0 Å². The van der Waals surface area contributed by atoms with Crippen LogP contribution in [0.5, 0.6) is 11.5 Å². The molecule has 7 heteroatoms.